The largest absolute Gasteiger partial charge is 0.542 e. The average Bonchev–Trinajstić information content (AvgIpc) is 3.43. The van der Waals surface area contributed by atoms with E-state index in [9.17, 15) is 26.4 Å². The van der Waals surface area contributed by atoms with Gasteiger partial charge in [0.15, 0.2) is 10.8 Å². The summed E-state index contributed by atoms with van der Waals surface area (Å²) >= 11 is 1.38. The van der Waals surface area contributed by atoms with Gasteiger partial charge in [-0.3, -0.25) is 9.52 Å². The number of carboxylic acids is 1. The summed E-state index contributed by atoms with van der Waals surface area (Å²) in [4.78, 5) is 38.6. The first-order valence-electron chi connectivity index (χ1n) is 15.8. The summed E-state index contributed by atoms with van der Waals surface area (Å²) in [5.74, 6) is -2.28. The number of rotatable bonds is 13. The van der Waals surface area contributed by atoms with Crippen molar-refractivity contribution < 1.29 is 45.9 Å². The van der Waals surface area contributed by atoms with Crippen molar-refractivity contribution in [1.82, 2.24) is 19.3 Å². The Balaban J connectivity index is 0.000000838. The number of hydrogen-bond donors (Lipinski definition) is 2. The number of carboxylic acid groups (broad SMARTS) is 1. The molecule has 3 aromatic heterocycles. The van der Waals surface area contributed by atoms with Gasteiger partial charge >= 0.3 is 16.4 Å². The van der Waals surface area contributed by atoms with Crippen molar-refractivity contribution in [3.8, 4) is 0 Å². The van der Waals surface area contributed by atoms with Gasteiger partial charge in [-0.25, -0.2) is 15.0 Å². The van der Waals surface area contributed by atoms with E-state index in [-0.39, 0.29) is 29.4 Å². The van der Waals surface area contributed by atoms with Crippen molar-refractivity contribution in [3.63, 3.8) is 0 Å². The molecule has 0 saturated heterocycles. The maximum Gasteiger partial charge on any atom is 0.430 e. The first-order chi connectivity index (χ1) is 22.7. The predicted octanol–water partition coefficient (Wildman–Crippen LogP) is 2.66. The minimum absolute atomic E-state index is 0.0135. The Morgan fingerprint density at radius 3 is 2.41 bits per heavy atom. The molecule has 1 aliphatic rings. The highest BCUT2D eigenvalue weighted by Crippen LogP contribution is 2.38. The fourth-order valence-corrected chi connectivity index (χ4v) is 6.78. The number of aryl methyl sites for hydroxylation is 1. The molecule has 4 rings (SSSR count). The minimum atomic E-state index is -5.19. The standard InChI is InChI=1S/C30H44N6O4S2.C2HF3O2/c1-30(2,3)23-9-10-24-22(16-23)17-25-28(32-24)41-29(33-25)26(37)18-20(12-13-36(6)14-15-40-7)21-8-11-27(31-19-21)34-42(38,39)35(4)5;3-2(4,5)1(6)7/h8,11,17,19-20,23H,9-10,12-16,18H2,1-7H3,(H,31,34);(H,6,7)/t20-,23-;/m0./s1. The molecule has 17 heteroatoms. The number of carbonyl (C=O) groups is 2. The molecule has 0 aliphatic heterocycles. The van der Waals surface area contributed by atoms with E-state index in [1.54, 1.807) is 19.4 Å². The van der Waals surface area contributed by atoms with E-state index < -0.39 is 22.4 Å². The second kappa shape index (κ2) is 16.6. The number of hydrogen-bond acceptors (Lipinski definition) is 10. The van der Waals surface area contributed by atoms with E-state index in [2.05, 4.69) is 43.6 Å². The lowest BCUT2D eigenvalue weighted by Crippen LogP contribution is -3.09. The van der Waals surface area contributed by atoms with Gasteiger partial charge in [0.05, 0.1) is 20.2 Å². The highest BCUT2D eigenvalue weighted by atomic mass is 32.2. The number of ketones is 1. The number of fused-ring (bicyclic) bond motifs is 2. The summed E-state index contributed by atoms with van der Waals surface area (Å²) in [5, 5.41) is 9.27. The molecule has 3 atom stereocenters. The number of nitrogens with zero attached hydrogens (tertiary/aromatic N) is 4. The monoisotopic (exact) mass is 730 g/mol. The zero-order valence-electron chi connectivity index (χ0n) is 28.8. The van der Waals surface area contributed by atoms with E-state index in [0.29, 0.717) is 17.5 Å². The van der Waals surface area contributed by atoms with E-state index in [1.165, 1.54) is 35.9 Å². The van der Waals surface area contributed by atoms with E-state index in [1.807, 2.05) is 6.07 Å². The molecular formula is C32H45F3N6O6S2. The smallest absolute Gasteiger partial charge is 0.430 e. The lowest BCUT2D eigenvalue weighted by Gasteiger charge is -2.34. The van der Waals surface area contributed by atoms with Crippen LogP contribution in [0, 0.1) is 11.3 Å². The lowest BCUT2D eigenvalue weighted by atomic mass is 9.71. The van der Waals surface area contributed by atoms with Crippen LogP contribution in [0.15, 0.2) is 24.4 Å². The number of halogens is 3. The van der Waals surface area contributed by atoms with Gasteiger partial charge in [0, 0.05) is 45.9 Å². The average molecular weight is 731 g/mol. The van der Waals surface area contributed by atoms with Crippen LogP contribution in [0.4, 0.5) is 19.0 Å². The Bertz CT molecular complexity index is 1690. The van der Waals surface area contributed by atoms with Crippen LogP contribution in [-0.4, -0.2) is 93.6 Å². The lowest BCUT2D eigenvalue weighted by molar-refractivity contribution is -0.880. The predicted molar refractivity (Wildman–Crippen MR) is 179 cm³/mol. The number of aromatic nitrogens is 3. The Kier molecular flexibility index (Phi) is 13.6. The molecule has 0 bridgehead atoms. The quantitative estimate of drug-likeness (QED) is 0.252. The Morgan fingerprint density at radius 2 is 1.86 bits per heavy atom. The van der Waals surface area contributed by atoms with Gasteiger partial charge in [0.2, 0.25) is 0 Å². The van der Waals surface area contributed by atoms with Gasteiger partial charge in [0.25, 0.3) is 0 Å². The third-order valence-electron chi connectivity index (χ3n) is 8.50. The Hall–Kier alpha value is -3.25. The number of alkyl halides is 3. The molecule has 2 N–H and O–H groups in total. The Morgan fingerprint density at radius 1 is 1.18 bits per heavy atom. The van der Waals surface area contributed by atoms with Crippen LogP contribution < -0.4 is 14.7 Å². The van der Waals surface area contributed by atoms with Gasteiger partial charge in [-0.1, -0.05) is 38.2 Å². The van der Waals surface area contributed by atoms with Crippen LogP contribution in [0.25, 0.3) is 10.3 Å². The summed E-state index contributed by atoms with van der Waals surface area (Å²) in [6.45, 7) is 9.27. The summed E-state index contributed by atoms with van der Waals surface area (Å²) in [5.41, 5.74) is 4.33. The number of anilines is 1. The molecule has 49 heavy (non-hydrogen) atoms. The molecular weight excluding hydrogens is 686 g/mol. The molecule has 0 amide bonds. The number of methoxy groups -OCH3 is 1. The van der Waals surface area contributed by atoms with Gasteiger partial charge in [-0.2, -0.15) is 25.9 Å². The number of ether oxygens (including phenoxy) is 1. The van der Waals surface area contributed by atoms with E-state index in [0.717, 1.165) is 64.7 Å². The molecule has 0 radical (unpaired) electrons. The van der Waals surface area contributed by atoms with Crippen LogP contribution >= 0.6 is 11.3 Å². The number of likely N-dealkylation sites (N-methyl/N-ethyl adjacent to an activating group) is 1. The fraction of sp³-hybridized carbons (Fsp3) is 0.594. The van der Waals surface area contributed by atoms with Crippen molar-refractivity contribution in [3.05, 3.63) is 46.2 Å². The number of Topliss-reactive ketones (excluding diaryl/α,β-unsaturated/α-hetero) is 1. The van der Waals surface area contributed by atoms with E-state index in [4.69, 9.17) is 24.6 Å². The van der Waals surface area contributed by atoms with Gasteiger partial charge in [-0.15, -0.1) is 0 Å². The highest BCUT2D eigenvalue weighted by molar-refractivity contribution is 7.90. The first kappa shape index (κ1) is 40.2. The maximum absolute atomic E-state index is 13.6. The van der Waals surface area contributed by atoms with Gasteiger partial charge < -0.3 is 19.5 Å². The number of pyridine rings is 2. The van der Waals surface area contributed by atoms with Crippen molar-refractivity contribution in [2.45, 2.75) is 65.0 Å². The number of quaternary nitrogens is 1. The summed E-state index contributed by atoms with van der Waals surface area (Å²) < 4.78 is 64.7. The van der Waals surface area contributed by atoms with E-state index >= 15 is 0 Å². The molecule has 0 fully saturated rings. The molecule has 0 aromatic carbocycles. The molecule has 1 aliphatic carbocycles. The topological polar surface area (TPSA) is 159 Å². The Labute approximate surface area is 289 Å². The van der Waals surface area contributed by atoms with Crippen LogP contribution in [-0.2, 0) is 32.6 Å². The second-order valence-corrected chi connectivity index (χ2v) is 16.3. The number of carbonyl (C=O) groups excluding carboxylic acids is 2. The summed E-state index contributed by atoms with van der Waals surface area (Å²) in [7, 11) is 3.05. The summed E-state index contributed by atoms with van der Waals surface area (Å²) in [6.07, 6.45) is 0.604. The van der Waals surface area contributed by atoms with Crippen molar-refractivity contribution in [1.29, 1.82) is 0 Å². The zero-order chi connectivity index (χ0) is 36.7. The first-order valence-corrected chi connectivity index (χ1v) is 18.0. The number of thiazole rings is 1. The molecule has 1 unspecified atom stereocenters. The van der Waals surface area contributed by atoms with Crippen molar-refractivity contribution >= 4 is 49.5 Å². The molecule has 12 nitrogen and oxygen atoms in total. The second-order valence-electron chi connectivity index (χ2n) is 13.5. The third kappa shape index (κ3) is 11.7. The third-order valence-corrected chi connectivity index (χ3v) is 10.9. The molecule has 3 aromatic rings. The SMILES string of the molecule is COCC[NH+](C)CC[C@@H](CC(=O)c1nc2cc3c(nc2s1)CC[C@H](C(C)(C)C)C3)c1ccc(NS(=O)(=O)N(C)C)nc1.O=C([O-])C(F)(F)F. The van der Waals surface area contributed by atoms with Crippen LogP contribution in [0.2, 0.25) is 0 Å². The van der Waals surface area contributed by atoms with Gasteiger partial charge in [0.1, 0.15) is 28.7 Å². The normalized spacial score (nSPS) is 16.4. The van der Waals surface area contributed by atoms with Crippen LogP contribution in [0.5, 0.6) is 0 Å². The fourth-order valence-electron chi connectivity index (χ4n) is 5.32. The molecule has 0 spiro atoms. The highest BCUT2D eigenvalue weighted by Gasteiger charge is 2.31. The molecule has 0 saturated carbocycles. The number of nitrogens with one attached hydrogen (secondary N) is 2. The zero-order valence-corrected chi connectivity index (χ0v) is 30.4. The van der Waals surface area contributed by atoms with Gasteiger partial charge in [-0.05, 0) is 59.8 Å². The maximum atomic E-state index is 13.6. The molecule has 272 valence electrons. The van der Waals surface area contributed by atoms with Crippen LogP contribution in [0.3, 0.4) is 0 Å². The minimum Gasteiger partial charge on any atom is -0.542 e. The van der Waals surface area contributed by atoms with Crippen molar-refractivity contribution in [2.75, 3.05) is 52.7 Å². The van der Waals surface area contributed by atoms with Crippen molar-refractivity contribution in [2.24, 2.45) is 11.3 Å². The summed E-state index contributed by atoms with van der Waals surface area (Å²) in [6, 6.07) is 5.64. The molecule has 3 heterocycles. The van der Waals surface area contributed by atoms with Crippen LogP contribution in [0.1, 0.15) is 72.6 Å². The number of aliphatic carboxylic acids is 1.